The SMILES string of the molecule is CCn1ncc(Br)c1C(NC)c1ccc(Br)s1. The van der Waals surface area contributed by atoms with Crippen LogP contribution in [0, 0.1) is 0 Å². The van der Waals surface area contributed by atoms with Gasteiger partial charge in [0.1, 0.15) is 0 Å². The highest BCUT2D eigenvalue weighted by Gasteiger charge is 2.21. The summed E-state index contributed by atoms with van der Waals surface area (Å²) in [5.74, 6) is 0. The largest absolute Gasteiger partial charge is 0.307 e. The molecule has 2 rings (SSSR count). The van der Waals surface area contributed by atoms with E-state index in [1.165, 1.54) is 10.6 Å². The van der Waals surface area contributed by atoms with Gasteiger partial charge in [-0.25, -0.2) is 0 Å². The summed E-state index contributed by atoms with van der Waals surface area (Å²) in [7, 11) is 1.97. The van der Waals surface area contributed by atoms with Gasteiger partial charge in [0.05, 0.1) is 26.2 Å². The Labute approximate surface area is 121 Å². The highest BCUT2D eigenvalue weighted by atomic mass is 79.9. The van der Waals surface area contributed by atoms with Gasteiger partial charge in [0.25, 0.3) is 0 Å². The van der Waals surface area contributed by atoms with Crippen molar-refractivity contribution in [2.75, 3.05) is 7.05 Å². The molecule has 6 heteroatoms. The fraction of sp³-hybridized carbons (Fsp3) is 0.364. The zero-order valence-electron chi connectivity index (χ0n) is 9.58. The minimum atomic E-state index is 0.170. The van der Waals surface area contributed by atoms with Crippen molar-refractivity contribution in [3.63, 3.8) is 0 Å². The maximum Gasteiger partial charge on any atom is 0.0851 e. The Balaban J connectivity index is 2.44. The normalized spacial score (nSPS) is 12.9. The number of thiophene rings is 1. The van der Waals surface area contributed by atoms with Gasteiger partial charge < -0.3 is 5.32 Å². The van der Waals surface area contributed by atoms with Crippen LogP contribution in [0.25, 0.3) is 0 Å². The molecule has 2 heterocycles. The van der Waals surface area contributed by atoms with E-state index < -0.39 is 0 Å². The van der Waals surface area contributed by atoms with E-state index in [0.29, 0.717) is 0 Å². The van der Waals surface area contributed by atoms with Crippen LogP contribution in [0.5, 0.6) is 0 Å². The molecular weight excluding hydrogens is 366 g/mol. The van der Waals surface area contributed by atoms with Gasteiger partial charge in [0.2, 0.25) is 0 Å². The molecule has 0 aliphatic rings. The van der Waals surface area contributed by atoms with E-state index in [-0.39, 0.29) is 6.04 Å². The number of nitrogens with zero attached hydrogens (tertiary/aromatic N) is 2. The monoisotopic (exact) mass is 377 g/mol. The van der Waals surface area contributed by atoms with E-state index in [9.17, 15) is 0 Å². The molecule has 92 valence electrons. The highest BCUT2D eigenvalue weighted by Crippen LogP contribution is 2.34. The predicted octanol–water partition coefficient (Wildman–Crippen LogP) is 3.80. The van der Waals surface area contributed by atoms with Gasteiger partial charge in [0, 0.05) is 11.4 Å². The smallest absolute Gasteiger partial charge is 0.0851 e. The van der Waals surface area contributed by atoms with Crippen LogP contribution in [0.1, 0.15) is 23.5 Å². The fourth-order valence-corrected chi connectivity index (χ4v) is 3.87. The second-order valence-corrected chi connectivity index (χ2v) is 6.91. The Hall–Kier alpha value is -0.170. The average Bonchev–Trinajstić information content (AvgIpc) is 2.89. The van der Waals surface area contributed by atoms with Crippen LogP contribution in [0.2, 0.25) is 0 Å². The standard InChI is InChI=1S/C11H13Br2N3S/c1-3-16-11(7(12)6-15-16)10(14-2)8-4-5-9(13)17-8/h4-6,10,14H,3H2,1-2H3. The molecule has 0 radical (unpaired) electrons. The maximum atomic E-state index is 4.36. The van der Waals surface area contributed by atoms with Crippen LogP contribution in [0.15, 0.2) is 26.6 Å². The van der Waals surface area contributed by atoms with E-state index in [1.54, 1.807) is 11.3 Å². The summed E-state index contributed by atoms with van der Waals surface area (Å²) < 4.78 is 4.20. The molecule has 1 atom stereocenters. The van der Waals surface area contributed by atoms with E-state index in [0.717, 1.165) is 14.8 Å². The van der Waals surface area contributed by atoms with Crippen molar-refractivity contribution in [1.82, 2.24) is 15.1 Å². The van der Waals surface area contributed by atoms with E-state index in [4.69, 9.17) is 0 Å². The molecule has 0 aliphatic heterocycles. The molecule has 0 fully saturated rings. The molecule has 17 heavy (non-hydrogen) atoms. The van der Waals surface area contributed by atoms with Gasteiger partial charge in [-0.15, -0.1) is 11.3 Å². The van der Waals surface area contributed by atoms with Gasteiger partial charge >= 0.3 is 0 Å². The van der Waals surface area contributed by atoms with Crippen LogP contribution < -0.4 is 5.32 Å². The van der Waals surface area contributed by atoms with Gasteiger partial charge in [-0.2, -0.15) is 5.10 Å². The quantitative estimate of drug-likeness (QED) is 0.876. The summed E-state index contributed by atoms with van der Waals surface area (Å²) in [5, 5.41) is 7.71. The number of hydrogen-bond acceptors (Lipinski definition) is 3. The first-order chi connectivity index (χ1) is 8.17. The molecule has 2 aromatic rings. The van der Waals surface area contributed by atoms with Crippen molar-refractivity contribution in [3.8, 4) is 0 Å². The lowest BCUT2D eigenvalue weighted by Gasteiger charge is -2.16. The summed E-state index contributed by atoms with van der Waals surface area (Å²) in [6.45, 7) is 2.96. The highest BCUT2D eigenvalue weighted by molar-refractivity contribution is 9.11. The molecule has 0 spiro atoms. The first kappa shape index (κ1) is 13.3. The van der Waals surface area contributed by atoms with Crippen LogP contribution >= 0.6 is 43.2 Å². The molecule has 0 aliphatic carbocycles. The number of halogens is 2. The lowest BCUT2D eigenvalue weighted by molar-refractivity contribution is 0.566. The summed E-state index contributed by atoms with van der Waals surface area (Å²) in [5.41, 5.74) is 1.17. The third-order valence-electron chi connectivity index (χ3n) is 2.57. The second kappa shape index (κ2) is 5.65. The zero-order chi connectivity index (χ0) is 12.4. The van der Waals surface area contributed by atoms with E-state index in [2.05, 4.69) is 61.3 Å². The Morgan fingerprint density at radius 1 is 1.47 bits per heavy atom. The van der Waals surface area contributed by atoms with Crippen molar-refractivity contribution in [3.05, 3.63) is 37.2 Å². The van der Waals surface area contributed by atoms with Crippen molar-refractivity contribution in [2.24, 2.45) is 0 Å². The maximum absolute atomic E-state index is 4.36. The lowest BCUT2D eigenvalue weighted by Crippen LogP contribution is -2.20. The number of rotatable bonds is 4. The predicted molar refractivity (Wildman–Crippen MR) is 78.5 cm³/mol. The number of hydrogen-bond donors (Lipinski definition) is 1. The van der Waals surface area contributed by atoms with Crippen molar-refractivity contribution in [1.29, 1.82) is 0 Å². The molecule has 0 aromatic carbocycles. The average molecular weight is 379 g/mol. The molecular formula is C11H13Br2N3S. The number of aromatic nitrogens is 2. The second-order valence-electron chi connectivity index (χ2n) is 3.56. The van der Waals surface area contributed by atoms with Gasteiger partial charge in [-0.1, -0.05) is 0 Å². The Bertz CT molecular complexity index is 507. The molecule has 1 N–H and O–H groups in total. The van der Waals surface area contributed by atoms with Crippen molar-refractivity contribution < 1.29 is 0 Å². The Morgan fingerprint density at radius 2 is 2.24 bits per heavy atom. The molecule has 0 bridgehead atoms. The summed E-state index contributed by atoms with van der Waals surface area (Å²) in [4.78, 5) is 1.27. The molecule has 0 amide bonds. The minimum Gasteiger partial charge on any atom is -0.307 e. The third kappa shape index (κ3) is 2.65. The minimum absolute atomic E-state index is 0.170. The summed E-state index contributed by atoms with van der Waals surface area (Å²) >= 11 is 8.82. The van der Waals surface area contributed by atoms with Gasteiger partial charge in [-0.3, -0.25) is 4.68 Å². The first-order valence-electron chi connectivity index (χ1n) is 5.31. The molecule has 0 saturated carbocycles. The number of nitrogens with one attached hydrogen (secondary N) is 1. The molecule has 0 saturated heterocycles. The van der Waals surface area contributed by atoms with Crippen LogP contribution in [0.4, 0.5) is 0 Å². The van der Waals surface area contributed by atoms with Crippen molar-refractivity contribution >= 4 is 43.2 Å². The third-order valence-corrected chi connectivity index (χ3v) is 4.87. The summed E-state index contributed by atoms with van der Waals surface area (Å²) in [6.07, 6.45) is 1.85. The molecule has 3 nitrogen and oxygen atoms in total. The Morgan fingerprint density at radius 3 is 2.76 bits per heavy atom. The molecule has 2 aromatic heterocycles. The Kier molecular flexibility index (Phi) is 4.41. The molecule has 1 unspecified atom stereocenters. The fourth-order valence-electron chi connectivity index (χ4n) is 1.81. The van der Waals surface area contributed by atoms with Crippen LogP contribution in [-0.2, 0) is 6.54 Å². The van der Waals surface area contributed by atoms with Gasteiger partial charge in [0.15, 0.2) is 0 Å². The summed E-state index contributed by atoms with van der Waals surface area (Å²) in [6, 6.07) is 4.38. The van der Waals surface area contributed by atoms with E-state index >= 15 is 0 Å². The lowest BCUT2D eigenvalue weighted by atomic mass is 10.1. The number of aryl methyl sites for hydroxylation is 1. The van der Waals surface area contributed by atoms with Crippen molar-refractivity contribution in [2.45, 2.75) is 19.5 Å². The zero-order valence-corrected chi connectivity index (χ0v) is 13.6. The first-order valence-corrected chi connectivity index (χ1v) is 7.71. The van der Waals surface area contributed by atoms with Gasteiger partial charge in [-0.05, 0) is 58.0 Å². The van der Waals surface area contributed by atoms with Crippen LogP contribution in [0.3, 0.4) is 0 Å². The van der Waals surface area contributed by atoms with E-state index in [1.807, 2.05) is 17.9 Å². The topological polar surface area (TPSA) is 29.9 Å². The van der Waals surface area contributed by atoms with Crippen LogP contribution in [-0.4, -0.2) is 16.8 Å².